The van der Waals surface area contributed by atoms with Crippen molar-refractivity contribution in [3.05, 3.63) is 23.8 Å². The molecule has 0 aromatic heterocycles. The van der Waals surface area contributed by atoms with Gasteiger partial charge in [-0.1, -0.05) is 12.1 Å². The van der Waals surface area contributed by atoms with Crippen LogP contribution in [-0.2, 0) is 10.2 Å². The van der Waals surface area contributed by atoms with E-state index in [1.54, 1.807) is 14.0 Å². The van der Waals surface area contributed by atoms with E-state index in [9.17, 15) is 4.79 Å². The number of carbonyl (C=O) groups excluding carboxylic acids is 1. The minimum Gasteiger partial charge on any atom is -0.495 e. The van der Waals surface area contributed by atoms with Gasteiger partial charge in [-0.25, -0.2) is 0 Å². The highest BCUT2D eigenvalue weighted by Gasteiger charge is 2.77. The van der Waals surface area contributed by atoms with Crippen LogP contribution in [0.3, 0.4) is 0 Å². The number of amides is 1. The second-order valence-electron chi connectivity index (χ2n) is 9.37. The maximum atomic E-state index is 13.0. The number of methoxy groups -OCH3 is 1. The minimum atomic E-state index is -0.0334. The molecule has 3 spiro atoms. The third-order valence-electron chi connectivity index (χ3n) is 8.89. The minimum absolute atomic E-state index is 0.0334. The highest BCUT2D eigenvalue weighted by Crippen LogP contribution is 2.75. The van der Waals surface area contributed by atoms with Gasteiger partial charge >= 0.3 is 0 Å². The molecule has 0 N–H and O–H groups in total. The van der Waals surface area contributed by atoms with Crippen LogP contribution in [0.1, 0.15) is 57.4 Å². The zero-order chi connectivity index (χ0) is 17.7. The normalized spacial score (nSPS) is 42.4. The molecule has 6 aliphatic rings. The van der Waals surface area contributed by atoms with Gasteiger partial charge in [0.15, 0.2) is 0 Å². The van der Waals surface area contributed by atoms with Gasteiger partial charge in [0.1, 0.15) is 5.75 Å². The van der Waals surface area contributed by atoms with Crippen molar-refractivity contribution >= 4 is 11.6 Å². The molecule has 1 aromatic rings. The Morgan fingerprint density at radius 1 is 1.12 bits per heavy atom. The lowest BCUT2D eigenvalue weighted by Crippen LogP contribution is -2.75. The summed E-state index contributed by atoms with van der Waals surface area (Å²) in [5, 5.41) is 0. The first-order valence-corrected chi connectivity index (χ1v) is 10.3. The number of benzene rings is 1. The molecule has 7 rings (SSSR count). The van der Waals surface area contributed by atoms with Crippen LogP contribution in [0.25, 0.3) is 0 Å². The predicted octanol–water partition coefficient (Wildman–Crippen LogP) is 3.48. The molecule has 2 atom stereocenters. The Bertz CT molecular complexity index is 810. The van der Waals surface area contributed by atoms with Crippen LogP contribution in [0.2, 0.25) is 0 Å². The van der Waals surface area contributed by atoms with Crippen molar-refractivity contribution in [1.29, 1.82) is 0 Å². The van der Waals surface area contributed by atoms with E-state index in [-0.39, 0.29) is 16.9 Å². The van der Waals surface area contributed by atoms with Gasteiger partial charge < -0.3 is 9.64 Å². The summed E-state index contributed by atoms with van der Waals surface area (Å²) in [7, 11) is 1.74. The lowest BCUT2D eigenvalue weighted by Gasteiger charge is -2.68. The molecule has 3 aliphatic carbocycles. The average molecular weight is 352 g/mol. The molecule has 2 saturated heterocycles. The van der Waals surface area contributed by atoms with Crippen LogP contribution < -0.4 is 9.64 Å². The van der Waals surface area contributed by atoms with E-state index in [1.165, 1.54) is 50.8 Å². The third kappa shape index (κ3) is 1.38. The van der Waals surface area contributed by atoms with Gasteiger partial charge in [-0.3, -0.25) is 9.69 Å². The predicted molar refractivity (Wildman–Crippen MR) is 101 cm³/mol. The molecule has 1 amide bonds. The van der Waals surface area contributed by atoms with Gasteiger partial charge in [0.05, 0.1) is 18.3 Å². The highest BCUT2D eigenvalue weighted by atomic mass is 16.5. The number of rotatable bonds is 1. The van der Waals surface area contributed by atoms with Gasteiger partial charge in [0, 0.05) is 18.4 Å². The molecule has 1 aromatic carbocycles. The van der Waals surface area contributed by atoms with E-state index in [0.29, 0.717) is 11.5 Å². The van der Waals surface area contributed by atoms with Gasteiger partial charge in [0.25, 0.3) is 0 Å². The number of para-hydroxylation sites is 1. The SMILES string of the molecule is COc1cccc2c1N(C(C)=O)C13CCC4(CCCN5CC[C@]21[C@@H]54)CC3. The molecule has 4 heteroatoms. The molecule has 2 bridgehead atoms. The van der Waals surface area contributed by atoms with Crippen LogP contribution in [0.4, 0.5) is 5.69 Å². The third-order valence-corrected chi connectivity index (χ3v) is 8.89. The van der Waals surface area contributed by atoms with Gasteiger partial charge in [-0.2, -0.15) is 0 Å². The summed E-state index contributed by atoms with van der Waals surface area (Å²) in [5.41, 5.74) is 3.05. The van der Waals surface area contributed by atoms with Gasteiger partial charge in [-0.05, 0) is 75.1 Å². The average Bonchev–Trinajstić information content (AvgIpc) is 3.18. The summed E-state index contributed by atoms with van der Waals surface area (Å²) < 4.78 is 5.78. The largest absolute Gasteiger partial charge is 0.495 e. The lowest BCUT2D eigenvalue weighted by molar-refractivity contribution is -0.128. The first-order valence-electron chi connectivity index (χ1n) is 10.3. The van der Waals surface area contributed by atoms with Crippen molar-refractivity contribution in [2.75, 3.05) is 25.1 Å². The monoisotopic (exact) mass is 352 g/mol. The van der Waals surface area contributed by atoms with Crippen molar-refractivity contribution in [2.45, 2.75) is 68.9 Å². The number of hydrogen-bond donors (Lipinski definition) is 0. The topological polar surface area (TPSA) is 32.8 Å². The Hall–Kier alpha value is -1.55. The standard InChI is InChI=1S/C22H28N2O2/c1-15(25)24-18-16(5-3-6-17(18)26-2)22-12-14-23-13-4-7-20(19(22)23)8-10-21(22,24)11-9-20/h3,5-6,19H,4,7-14H2,1-2H3/t19-,20?,21?,22+/m0/s1. The molecule has 5 fully saturated rings. The molecule has 138 valence electrons. The van der Waals surface area contributed by atoms with E-state index in [4.69, 9.17) is 4.74 Å². The molecule has 3 saturated carbocycles. The second kappa shape index (κ2) is 4.64. The van der Waals surface area contributed by atoms with Crippen molar-refractivity contribution in [2.24, 2.45) is 5.41 Å². The quantitative estimate of drug-likeness (QED) is 0.776. The summed E-state index contributed by atoms with van der Waals surface area (Å²) in [6.07, 6.45) is 8.82. The van der Waals surface area contributed by atoms with Crippen molar-refractivity contribution in [3.63, 3.8) is 0 Å². The van der Waals surface area contributed by atoms with E-state index >= 15 is 0 Å². The molecular weight excluding hydrogens is 324 g/mol. The fourth-order valence-corrected chi connectivity index (χ4v) is 8.34. The van der Waals surface area contributed by atoms with Crippen molar-refractivity contribution in [3.8, 4) is 5.75 Å². The maximum absolute atomic E-state index is 13.0. The van der Waals surface area contributed by atoms with E-state index in [2.05, 4.69) is 21.9 Å². The first kappa shape index (κ1) is 15.5. The Labute approximate surface area is 155 Å². The smallest absolute Gasteiger partial charge is 0.224 e. The molecule has 3 aliphatic heterocycles. The van der Waals surface area contributed by atoms with Crippen LogP contribution in [0.15, 0.2) is 18.2 Å². The number of fused-ring (bicyclic) bond motifs is 3. The summed E-state index contributed by atoms with van der Waals surface area (Å²) in [4.78, 5) is 18.0. The Morgan fingerprint density at radius 3 is 2.65 bits per heavy atom. The Balaban J connectivity index is 1.69. The van der Waals surface area contributed by atoms with Crippen LogP contribution in [0, 0.1) is 5.41 Å². The summed E-state index contributed by atoms with van der Waals surface area (Å²) in [6, 6.07) is 7.11. The second-order valence-corrected chi connectivity index (χ2v) is 9.37. The lowest BCUT2D eigenvalue weighted by atomic mass is 9.41. The van der Waals surface area contributed by atoms with Gasteiger partial charge in [-0.15, -0.1) is 0 Å². The molecular formula is C22H28N2O2. The van der Waals surface area contributed by atoms with Crippen LogP contribution >= 0.6 is 0 Å². The summed E-state index contributed by atoms with van der Waals surface area (Å²) >= 11 is 0. The van der Waals surface area contributed by atoms with E-state index < -0.39 is 0 Å². The zero-order valence-corrected chi connectivity index (χ0v) is 15.9. The van der Waals surface area contributed by atoms with Crippen LogP contribution in [-0.4, -0.2) is 42.6 Å². The number of carbonyl (C=O) groups is 1. The van der Waals surface area contributed by atoms with E-state index in [0.717, 1.165) is 24.3 Å². The number of piperidine rings is 1. The maximum Gasteiger partial charge on any atom is 0.224 e. The Morgan fingerprint density at radius 2 is 1.92 bits per heavy atom. The highest BCUT2D eigenvalue weighted by molar-refractivity contribution is 5.99. The summed E-state index contributed by atoms with van der Waals surface area (Å²) in [5.74, 6) is 1.07. The van der Waals surface area contributed by atoms with Crippen molar-refractivity contribution < 1.29 is 9.53 Å². The fraction of sp³-hybridized carbons (Fsp3) is 0.682. The number of hydrogen-bond acceptors (Lipinski definition) is 3. The molecule has 26 heavy (non-hydrogen) atoms. The van der Waals surface area contributed by atoms with Gasteiger partial charge in [0.2, 0.25) is 5.91 Å². The number of nitrogens with zero attached hydrogens (tertiary/aromatic N) is 2. The zero-order valence-electron chi connectivity index (χ0n) is 15.9. The molecule has 4 nitrogen and oxygen atoms in total. The first-order chi connectivity index (χ1) is 12.6. The van der Waals surface area contributed by atoms with E-state index in [1.807, 2.05) is 6.07 Å². The van der Waals surface area contributed by atoms with Crippen LogP contribution in [0.5, 0.6) is 5.75 Å². The molecule has 0 unspecified atom stereocenters. The summed E-state index contributed by atoms with van der Waals surface area (Å²) in [6.45, 7) is 4.19. The Kier molecular flexibility index (Phi) is 2.77. The fourth-order valence-electron chi connectivity index (χ4n) is 8.34. The van der Waals surface area contributed by atoms with Crippen molar-refractivity contribution in [1.82, 2.24) is 4.90 Å². The molecule has 3 heterocycles. The number of anilines is 1. The number of ether oxygens (including phenoxy) is 1. The molecule has 0 radical (unpaired) electrons.